The van der Waals surface area contributed by atoms with Crippen LogP contribution in [0.2, 0.25) is 0 Å². The number of amides is 2. The molecule has 1 saturated heterocycles. The molecular weight excluding hydrogens is 144 g/mol. The van der Waals surface area contributed by atoms with Crippen LogP contribution in [0.1, 0.15) is 13.3 Å². The SMILES string of the molecule is CCCN1CC[N]C(=O)C1=O. The topological polar surface area (TPSA) is 51.5 Å². The highest BCUT2D eigenvalue weighted by molar-refractivity contribution is 6.35. The Labute approximate surface area is 65.6 Å². The molecule has 1 heterocycles. The molecule has 0 unspecified atom stereocenters. The van der Waals surface area contributed by atoms with Crippen molar-refractivity contribution in [2.45, 2.75) is 13.3 Å². The van der Waals surface area contributed by atoms with Crippen LogP contribution in [0.25, 0.3) is 0 Å². The average molecular weight is 155 g/mol. The fourth-order valence-corrected chi connectivity index (χ4v) is 1.06. The number of carbonyl (C=O) groups is 2. The molecule has 0 spiro atoms. The molecule has 4 heteroatoms. The van der Waals surface area contributed by atoms with E-state index >= 15 is 0 Å². The maximum absolute atomic E-state index is 11.0. The second-order valence-electron chi connectivity index (χ2n) is 2.48. The number of carbonyl (C=O) groups excluding carboxylic acids is 2. The van der Waals surface area contributed by atoms with E-state index in [1.54, 1.807) is 4.90 Å². The van der Waals surface area contributed by atoms with E-state index in [0.717, 1.165) is 6.42 Å². The standard InChI is InChI=1S/C7H11N2O2/c1-2-4-9-5-3-8-6(10)7(9)11/h2-5H2,1H3. The van der Waals surface area contributed by atoms with E-state index in [1.165, 1.54) is 0 Å². The number of hydrogen-bond donors (Lipinski definition) is 0. The molecule has 1 rings (SSSR count). The van der Waals surface area contributed by atoms with Gasteiger partial charge < -0.3 is 4.90 Å². The molecule has 1 fully saturated rings. The Kier molecular flexibility index (Phi) is 2.46. The highest BCUT2D eigenvalue weighted by Gasteiger charge is 2.26. The summed E-state index contributed by atoms with van der Waals surface area (Å²) in [5, 5.41) is 3.51. The number of nitrogens with zero attached hydrogens (tertiary/aromatic N) is 2. The van der Waals surface area contributed by atoms with Gasteiger partial charge in [-0.3, -0.25) is 9.59 Å². The lowest BCUT2D eigenvalue weighted by atomic mass is 10.3. The molecule has 1 radical (unpaired) electrons. The lowest BCUT2D eigenvalue weighted by Gasteiger charge is -2.24. The molecule has 4 nitrogen and oxygen atoms in total. The van der Waals surface area contributed by atoms with Gasteiger partial charge in [0.15, 0.2) is 0 Å². The summed E-state index contributed by atoms with van der Waals surface area (Å²) in [4.78, 5) is 23.3. The minimum Gasteiger partial charge on any atom is -0.333 e. The van der Waals surface area contributed by atoms with Crippen LogP contribution in [0.4, 0.5) is 0 Å². The van der Waals surface area contributed by atoms with Crippen molar-refractivity contribution in [1.82, 2.24) is 10.2 Å². The summed E-state index contributed by atoms with van der Waals surface area (Å²) in [5.41, 5.74) is 0. The molecule has 1 aliphatic heterocycles. The van der Waals surface area contributed by atoms with Crippen molar-refractivity contribution < 1.29 is 9.59 Å². The molecule has 0 N–H and O–H groups in total. The van der Waals surface area contributed by atoms with Gasteiger partial charge in [0, 0.05) is 13.1 Å². The third-order valence-electron chi connectivity index (χ3n) is 1.59. The molecule has 0 atom stereocenters. The van der Waals surface area contributed by atoms with Gasteiger partial charge in [0.2, 0.25) is 0 Å². The van der Waals surface area contributed by atoms with Crippen LogP contribution in [-0.4, -0.2) is 36.3 Å². The van der Waals surface area contributed by atoms with Crippen LogP contribution in [0.15, 0.2) is 0 Å². The van der Waals surface area contributed by atoms with Crippen LogP contribution in [-0.2, 0) is 9.59 Å². The molecule has 0 aromatic rings. The highest BCUT2D eigenvalue weighted by Crippen LogP contribution is 1.97. The zero-order valence-corrected chi connectivity index (χ0v) is 6.54. The first-order chi connectivity index (χ1) is 5.25. The molecular formula is C7H11N2O2. The maximum atomic E-state index is 11.0. The van der Waals surface area contributed by atoms with Gasteiger partial charge >= 0.3 is 11.8 Å². The van der Waals surface area contributed by atoms with E-state index in [4.69, 9.17) is 0 Å². The lowest BCUT2D eigenvalue weighted by Crippen LogP contribution is -2.49. The number of hydrogen-bond acceptors (Lipinski definition) is 2. The van der Waals surface area contributed by atoms with Crippen molar-refractivity contribution in [3.05, 3.63) is 0 Å². The summed E-state index contributed by atoms with van der Waals surface area (Å²) in [6.45, 7) is 3.70. The van der Waals surface area contributed by atoms with Crippen molar-refractivity contribution in [3.63, 3.8) is 0 Å². The molecule has 11 heavy (non-hydrogen) atoms. The Morgan fingerprint density at radius 1 is 1.55 bits per heavy atom. The largest absolute Gasteiger partial charge is 0.333 e. The third-order valence-corrected chi connectivity index (χ3v) is 1.59. The van der Waals surface area contributed by atoms with Crippen molar-refractivity contribution in [2.24, 2.45) is 0 Å². The average Bonchev–Trinajstić information content (AvgIpc) is 1.99. The first kappa shape index (κ1) is 8.04. The van der Waals surface area contributed by atoms with Crippen molar-refractivity contribution in [3.8, 4) is 0 Å². The molecule has 1 aliphatic rings. The van der Waals surface area contributed by atoms with E-state index in [0.29, 0.717) is 19.6 Å². The Bertz CT molecular complexity index is 177. The third kappa shape index (κ3) is 1.69. The summed E-state index contributed by atoms with van der Waals surface area (Å²) in [6.07, 6.45) is 0.888. The van der Waals surface area contributed by atoms with E-state index in [2.05, 4.69) is 5.32 Å². The van der Waals surface area contributed by atoms with Crippen LogP contribution >= 0.6 is 0 Å². The second-order valence-corrected chi connectivity index (χ2v) is 2.48. The van der Waals surface area contributed by atoms with Crippen LogP contribution in [0, 0.1) is 0 Å². The Balaban J connectivity index is 2.51. The molecule has 2 amide bonds. The van der Waals surface area contributed by atoms with Crippen molar-refractivity contribution in [2.75, 3.05) is 19.6 Å². The van der Waals surface area contributed by atoms with Crippen LogP contribution in [0.3, 0.4) is 0 Å². The minimum absolute atomic E-state index is 0.446. The molecule has 61 valence electrons. The van der Waals surface area contributed by atoms with Crippen LogP contribution in [0.5, 0.6) is 0 Å². The van der Waals surface area contributed by atoms with Crippen LogP contribution < -0.4 is 5.32 Å². The zero-order valence-electron chi connectivity index (χ0n) is 6.54. The van der Waals surface area contributed by atoms with E-state index in [1.807, 2.05) is 6.92 Å². The van der Waals surface area contributed by atoms with Gasteiger partial charge in [0.05, 0.1) is 6.54 Å². The summed E-state index contributed by atoms with van der Waals surface area (Å²) in [6, 6.07) is 0. The maximum Gasteiger partial charge on any atom is 0.330 e. The lowest BCUT2D eigenvalue weighted by molar-refractivity contribution is -0.148. The molecule has 0 saturated carbocycles. The molecule has 0 aromatic carbocycles. The second kappa shape index (κ2) is 3.37. The molecule has 0 aliphatic carbocycles. The zero-order chi connectivity index (χ0) is 8.27. The number of piperazine rings is 1. The first-order valence-electron chi connectivity index (χ1n) is 3.76. The summed E-state index contributed by atoms with van der Waals surface area (Å²) in [5.74, 6) is -1.04. The Morgan fingerprint density at radius 3 is 2.91 bits per heavy atom. The first-order valence-corrected chi connectivity index (χ1v) is 3.76. The Hall–Kier alpha value is -1.06. The predicted molar refractivity (Wildman–Crippen MR) is 38.9 cm³/mol. The molecule has 0 bridgehead atoms. The number of rotatable bonds is 2. The highest BCUT2D eigenvalue weighted by atomic mass is 16.2. The minimum atomic E-state index is -0.593. The summed E-state index contributed by atoms with van der Waals surface area (Å²) >= 11 is 0. The van der Waals surface area contributed by atoms with Crippen molar-refractivity contribution in [1.29, 1.82) is 0 Å². The smallest absolute Gasteiger partial charge is 0.330 e. The van der Waals surface area contributed by atoms with E-state index < -0.39 is 11.8 Å². The normalized spacial score (nSPS) is 18.5. The van der Waals surface area contributed by atoms with Gasteiger partial charge in [0.1, 0.15) is 0 Å². The van der Waals surface area contributed by atoms with Gasteiger partial charge in [-0.05, 0) is 6.42 Å². The summed E-state index contributed by atoms with van der Waals surface area (Å²) in [7, 11) is 0. The monoisotopic (exact) mass is 155 g/mol. The van der Waals surface area contributed by atoms with Gasteiger partial charge in [-0.15, -0.1) is 0 Å². The molecule has 0 aromatic heterocycles. The van der Waals surface area contributed by atoms with Gasteiger partial charge in [-0.1, -0.05) is 6.92 Å². The van der Waals surface area contributed by atoms with E-state index in [9.17, 15) is 9.59 Å². The quantitative estimate of drug-likeness (QED) is 0.498. The van der Waals surface area contributed by atoms with Gasteiger partial charge in [-0.25, -0.2) is 5.32 Å². The fourth-order valence-electron chi connectivity index (χ4n) is 1.06. The summed E-state index contributed by atoms with van der Waals surface area (Å²) < 4.78 is 0. The Morgan fingerprint density at radius 2 is 2.27 bits per heavy atom. The van der Waals surface area contributed by atoms with Gasteiger partial charge in [0.25, 0.3) is 0 Å². The fraction of sp³-hybridized carbons (Fsp3) is 0.714. The van der Waals surface area contributed by atoms with E-state index in [-0.39, 0.29) is 0 Å². The predicted octanol–water partition coefficient (Wildman–Crippen LogP) is -0.630. The van der Waals surface area contributed by atoms with Gasteiger partial charge in [-0.2, -0.15) is 0 Å². The van der Waals surface area contributed by atoms with Crippen molar-refractivity contribution >= 4 is 11.8 Å².